The number of phenols is 1. The fourth-order valence-corrected chi connectivity index (χ4v) is 5.16. The van der Waals surface area contributed by atoms with Gasteiger partial charge >= 0.3 is 0 Å². The van der Waals surface area contributed by atoms with Gasteiger partial charge in [-0.25, -0.2) is 9.66 Å². The highest BCUT2D eigenvalue weighted by Crippen LogP contribution is 2.35. The molecule has 0 spiro atoms. The van der Waals surface area contributed by atoms with Crippen LogP contribution >= 0.6 is 11.6 Å². The Labute approximate surface area is 233 Å². The summed E-state index contributed by atoms with van der Waals surface area (Å²) < 4.78 is 6.83. The summed E-state index contributed by atoms with van der Waals surface area (Å²) in [5.74, 6) is 1.13. The molecule has 210 valence electrons. The lowest BCUT2D eigenvalue weighted by atomic mass is 10.1. The average molecular weight is 557 g/mol. The van der Waals surface area contributed by atoms with E-state index in [0.717, 1.165) is 12.8 Å². The number of nitrogens with zero attached hydrogens (tertiary/aromatic N) is 5. The first kappa shape index (κ1) is 28.5. The number of rotatable bonds is 9. The van der Waals surface area contributed by atoms with Crippen molar-refractivity contribution in [2.24, 2.45) is 5.73 Å². The van der Waals surface area contributed by atoms with Gasteiger partial charge in [-0.2, -0.15) is 0 Å². The van der Waals surface area contributed by atoms with Crippen LogP contribution in [-0.2, 0) is 4.79 Å². The van der Waals surface area contributed by atoms with Crippen LogP contribution in [0, 0.1) is 0 Å². The van der Waals surface area contributed by atoms with Crippen molar-refractivity contribution in [2.45, 2.75) is 45.2 Å². The van der Waals surface area contributed by atoms with Crippen LogP contribution in [0.4, 0.5) is 5.69 Å². The van der Waals surface area contributed by atoms with Gasteiger partial charge < -0.3 is 30.4 Å². The number of aromatic nitrogens is 2. The highest BCUT2D eigenvalue weighted by Gasteiger charge is 2.28. The van der Waals surface area contributed by atoms with Crippen molar-refractivity contribution in [1.82, 2.24) is 14.6 Å². The zero-order chi connectivity index (χ0) is 28.3. The van der Waals surface area contributed by atoms with Crippen LogP contribution in [0.15, 0.2) is 41.2 Å². The number of halogens is 1. The number of nitrogens with two attached hydrogens (primary N) is 1. The molecule has 2 aromatic carbocycles. The summed E-state index contributed by atoms with van der Waals surface area (Å²) in [6.07, 6.45) is 2.08. The van der Waals surface area contributed by atoms with Gasteiger partial charge in [0.05, 0.1) is 42.8 Å². The third kappa shape index (κ3) is 6.07. The maximum atomic E-state index is 13.9. The number of aromatic hydroxyl groups is 1. The van der Waals surface area contributed by atoms with Crippen LogP contribution in [-0.4, -0.2) is 72.0 Å². The molecule has 3 aromatic rings. The molecular weight excluding hydrogens is 520 g/mol. The largest absolute Gasteiger partial charge is 0.506 e. The molecule has 3 N–H and O–H groups in total. The Hall–Kier alpha value is -3.50. The molecule has 1 saturated heterocycles. The predicted molar refractivity (Wildman–Crippen MR) is 155 cm³/mol. The molecule has 1 fully saturated rings. The van der Waals surface area contributed by atoms with Crippen LogP contribution in [0.1, 0.15) is 45.0 Å². The summed E-state index contributed by atoms with van der Waals surface area (Å²) >= 11 is 6.24. The van der Waals surface area contributed by atoms with E-state index in [0.29, 0.717) is 65.8 Å². The molecule has 39 heavy (non-hydrogen) atoms. The second-order valence-electron chi connectivity index (χ2n) is 9.98. The van der Waals surface area contributed by atoms with Crippen LogP contribution < -0.4 is 25.9 Å². The van der Waals surface area contributed by atoms with Crippen molar-refractivity contribution >= 4 is 34.1 Å². The molecule has 0 radical (unpaired) electrons. The lowest BCUT2D eigenvalue weighted by Gasteiger charge is -2.39. The van der Waals surface area contributed by atoms with Crippen LogP contribution in [0.5, 0.6) is 11.5 Å². The van der Waals surface area contributed by atoms with Crippen molar-refractivity contribution in [2.75, 3.05) is 50.2 Å². The summed E-state index contributed by atoms with van der Waals surface area (Å²) in [6, 6.07) is 9.57. The number of carbonyl (C=O) groups is 1. The molecule has 0 aliphatic carbocycles. The van der Waals surface area contributed by atoms with Crippen molar-refractivity contribution in [3.63, 3.8) is 0 Å². The zero-order valence-electron chi connectivity index (χ0n) is 22.9. The number of methoxy groups -OCH3 is 1. The molecule has 11 heteroatoms. The average Bonchev–Trinajstić information content (AvgIpc) is 2.92. The fourth-order valence-electron chi connectivity index (χ4n) is 4.99. The van der Waals surface area contributed by atoms with E-state index in [1.807, 2.05) is 28.8 Å². The van der Waals surface area contributed by atoms with Crippen LogP contribution in [0.3, 0.4) is 0 Å². The van der Waals surface area contributed by atoms with Gasteiger partial charge in [-0.15, -0.1) is 0 Å². The second kappa shape index (κ2) is 12.1. The minimum Gasteiger partial charge on any atom is -0.506 e. The number of hydrogen-bond acceptors (Lipinski definition) is 8. The van der Waals surface area contributed by atoms with Gasteiger partial charge in [-0.05, 0) is 43.7 Å². The van der Waals surface area contributed by atoms with E-state index in [1.54, 1.807) is 41.1 Å². The first-order chi connectivity index (χ1) is 18.6. The van der Waals surface area contributed by atoms with Gasteiger partial charge in [0.15, 0.2) is 5.82 Å². The first-order valence-corrected chi connectivity index (χ1v) is 13.6. The Kier molecular flexibility index (Phi) is 8.87. The molecule has 2 heterocycles. The smallest absolute Gasteiger partial charge is 0.280 e. The SMILES string of the molecule is CCC[C@H](N)CC(=O)N1CCN(n2c(C(C)N(C)c3ccc(OC)cc3O)nc3cc(Cl)ccc3c2=O)CC1. The topological polar surface area (TPSA) is 117 Å². The van der Waals surface area contributed by atoms with Gasteiger partial charge in [-0.3, -0.25) is 9.59 Å². The Morgan fingerprint density at radius 3 is 2.56 bits per heavy atom. The van der Waals surface area contributed by atoms with E-state index < -0.39 is 6.04 Å². The quantitative estimate of drug-likeness (QED) is 0.412. The lowest BCUT2D eigenvalue weighted by molar-refractivity contribution is -0.132. The van der Waals surface area contributed by atoms with Gasteiger partial charge in [-0.1, -0.05) is 24.9 Å². The molecule has 10 nitrogen and oxygen atoms in total. The maximum Gasteiger partial charge on any atom is 0.280 e. The van der Waals surface area contributed by atoms with E-state index in [4.69, 9.17) is 27.1 Å². The Balaban J connectivity index is 1.68. The number of phenolic OH excluding ortho intramolecular Hbond substituents is 1. The number of amides is 1. The molecule has 1 aromatic heterocycles. The summed E-state index contributed by atoms with van der Waals surface area (Å²) in [4.78, 5) is 35.2. The van der Waals surface area contributed by atoms with E-state index in [9.17, 15) is 14.7 Å². The number of benzene rings is 2. The van der Waals surface area contributed by atoms with Gasteiger partial charge in [0.1, 0.15) is 11.5 Å². The molecule has 4 rings (SSSR count). The molecular formula is C28H37ClN6O4. The summed E-state index contributed by atoms with van der Waals surface area (Å²) in [7, 11) is 3.37. The lowest BCUT2D eigenvalue weighted by Crippen LogP contribution is -2.57. The zero-order valence-corrected chi connectivity index (χ0v) is 23.7. The van der Waals surface area contributed by atoms with E-state index >= 15 is 0 Å². The molecule has 0 saturated carbocycles. The molecule has 0 bridgehead atoms. The van der Waals surface area contributed by atoms with Gasteiger partial charge in [0.2, 0.25) is 5.91 Å². The third-order valence-corrected chi connectivity index (χ3v) is 7.57. The molecule has 1 aliphatic heterocycles. The second-order valence-corrected chi connectivity index (χ2v) is 10.4. The number of anilines is 1. The summed E-state index contributed by atoms with van der Waals surface area (Å²) in [6.45, 7) is 5.86. The number of carbonyl (C=O) groups excluding carboxylic acids is 1. The fraction of sp³-hybridized carbons (Fsp3) is 0.464. The van der Waals surface area contributed by atoms with Gasteiger partial charge in [0.25, 0.3) is 5.56 Å². The maximum absolute atomic E-state index is 13.9. The molecule has 1 amide bonds. The highest BCUT2D eigenvalue weighted by molar-refractivity contribution is 6.31. The standard InChI is InChI=1S/C28H37ClN6O4/c1-5-6-20(30)16-26(37)33-11-13-34(14-12-33)35-27(31-23-15-19(29)7-9-22(23)28(35)38)18(2)32(3)24-10-8-21(39-4)17-25(24)36/h7-10,15,17-18,20,36H,5-6,11-14,16,30H2,1-4H3/t18?,20-/m0/s1. The van der Waals surface area contributed by atoms with Crippen molar-refractivity contribution in [3.8, 4) is 11.5 Å². The Morgan fingerprint density at radius 2 is 1.92 bits per heavy atom. The van der Waals surface area contributed by atoms with Crippen molar-refractivity contribution in [3.05, 3.63) is 57.6 Å². The molecule has 1 unspecified atom stereocenters. The van der Waals surface area contributed by atoms with Gasteiger partial charge in [0, 0.05) is 43.7 Å². The monoisotopic (exact) mass is 556 g/mol. The van der Waals surface area contributed by atoms with E-state index in [1.165, 1.54) is 7.11 Å². The number of ether oxygens (including phenoxy) is 1. The van der Waals surface area contributed by atoms with Crippen LogP contribution in [0.25, 0.3) is 10.9 Å². The minimum absolute atomic E-state index is 0.0394. The van der Waals surface area contributed by atoms with E-state index in [-0.39, 0.29) is 23.3 Å². The predicted octanol–water partition coefficient (Wildman–Crippen LogP) is 3.26. The number of fused-ring (bicyclic) bond motifs is 1. The summed E-state index contributed by atoms with van der Waals surface area (Å²) in [5.41, 5.74) is 6.95. The number of hydrogen-bond donors (Lipinski definition) is 2. The van der Waals surface area contributed by atoms with Crippen molar-refractivity contribution < 1.29 is 14.6 Å². The number of piperazine rings is 1. The normalized spacial score (nSPS) is 15.3. The van der Waals surface area contributed by atoms with Crippen molar-refractivity contribution in [1.29, 1.82) is 0 Å². The first-order valence-electron chi connectivity index (χ1n) is 13.2. The molecule has 2 atom stereocenters. The Morgan fingerprint density at radius 1 is 1.21 bits per heavy atom. The summed E-state index contributed by atoms with van der Waals surface area (Å²) in [5, 5.41) is 13.5. The Bertz CT molecular complexity index is 1390. The van der Waals surface area contributed by atoms with E-state index in [2.05, 4.69) is 6.92 Å². The third-order valence-electron chi connectivity index (χ3n) is 7.34. The highest BCUT2D eigenvalue weighted by atomic mass is 35.5. The van der Waals surface area contributed by atoms with Crippen LogP contribution in [0.2, 0.25) is 5.02 Å². The minimum atomic E-state index is -0.410. The molecule has 1 aliphatic rings.